The molecule has 0 saturated carbocycles. The van der Waals surface area contributed by atoms with Gasteiger partial charge in [0.1, 0.15) is 11.7 Å². The summed E-state index contributed by atoms with van der Waals surface area (Å²) in [4.78, 5) is 45.1. The number of nitrogens with zero attached hydrogens (tertiary/aromatic N) is 2. The zero-order valence-electron chi connectivity index (χ0n) is 25.1. The van der Waals surface area contributed by atoms with Crippen LogP contribution < -0.4 is 20.9 Å². The molecule has 1 aliphatic heterocycles. The van der Waals surface area contributed by atoms with Crippen LogP contribution >= 0.6 is 0 Å². The topological polar surface area (TPSA) is 95.7 Å². The summed E-state index contributed by atoms with van der Waals surface area (Å²) in [5, 5.41) is 2.69. The minimum absolute atomic E-state index is 0.0689. The molecule has 0 spiro atoms. The average molecular weight is 613 g/mol. The predicted molar refractivity (Wildman–Crippen MR) is 177 cm³/mol. The van der Waals surface area contributed by atoms with Gasteiger partial charge >= 0.3 is 0 Å². The lowest BCUT2D eigenvalue weighted by Gasteiger charge is -2.26. The van der Waals surface area contributed by atoms with Crippen molar-refractivity contribution in [1.29, 1.82) is 0 Å². The predicted octanol–water partition coefficient (Wildman–Crippen LogP) is 6.49. The molecule has 0 bridgehead atoms. The number of rotatable bonds is 9. The summed E-state index contributed by atoms with van der Waals surface area (Å²) < 4.78 is 14.2. The number of halogens is 1. The SMILES string of the molecule is NCc1cccc(N2C(=O)C(CC(=O)NCc3ccccc3F)C(=O)N(Cc3ccc(-c4ccccc4)cc3)c3ccccc32)c1. The highest BCUT2D eigenvalue weighted by molar-refractivity contribution is 6.21. The Morgan fingerprint density at radius 1 is 0.717 bits per heavy atom. The summed E-state index contributed by atoms with van der Waals surface area (Å²) >= 11 is 0. The molecule has 5 aromatic rings. The maximum absolute atomic E-state index is 14.4. The number of hydrogen-bond acceptors (Lipinski definition) is 4. The van der Waals surface area contributed by atoms with Crippen LogP contribution in [0.2, 0.25) is 0 Å². The second kappa shape index (κ2) is 13.6. The lowest BCUT2D eigenvalue weighted by molar-refractivity contribution is -0.136. The maximum atomic E-state index is 14.4. The van der Waals surface area contributed by atoms with Gasteiger partial charge in [-0.1, -0.05) is 97.1 Å². The zero-order valence-corrected chi connectivity index (χ0v) is 25.1. The normalized spacial score (nSPS) is 14.5. The van der Waals surface area contributed by atoms with Gasteiger partial charge in [-0.15, -0.1) is 0 Å². The highest BCUT2D eigenvalue weighted by atomic mass is 19.1. The Labute approximate surface area is 267 Å². The first-order valence-electron chi connectivity index (χ1n) is 15.1. The van der Waals surface area contributed by atoms with Crippen LogP contribution in [0.3, 0.4) is 0 Å². The molecule has 5 aromatic carbocycles. The number of nitrogens with one attached hydrogen (secondary N) is 1. The van der Waals surface area contributed by atoms with E-state index in [4.69, 9.17) is 5.73 Å². The second-order valence-corrected chi connectivity index (χ2v) is 11.1. The van der Waals surface area contributed by atoms with Gasteiger partial charge in [-0.05, 0) is 52.6 Å². The summed E-state index contributed by atoms with van der Waals surface area (Å²) in [5.74, 6) is -3.35. The molecule has 0 aromatic heterocycles. The molecule has 1 unspecified atom stereocenters. The molecule has 1 atom stereocenters. The van der Waals surface area contributed by atoms with Crippen LogP contribution in [0.4, 0.5) is 21.5 Å². The van der Waals surface area contributed by atoms with Crippen molar-refractivity contribution in [2.24, 2.45) is 11.7 Å². The molecule has 1 heterocycles. The fourth-order valence-electron chi connectivity index (χ4n) is 5.70. The van der Waals surface area contributed by atoms with Crippen LogP contribution in [0, 0.1) is 11.7 Å². The Hall–Kier alpha value is -5.60. The van der Waals surface area contributed by atoms with E-state index in [9.17, 15) is 18.8 Å². The summed E-state index contributed by atoms with van der Waals surface area (Å²) in [5.41, 5.74) is 11.6. The largest absolute Gasteiger partial charge is 0.352 e. The summed E-state index contributed by atoms with van der Waals surface area (Å²) in [7, 11) is 0. The first-order valence-corrected chi connectivity index (χ1v) is 15.1. The molecule has 3 amide bonds. The van der Waals surface area contributed by atoms with Gasteiger partial charge in [0.25, 0.3) is 0 Å². The Morgan fingerprint density at radius 2 is 1.39 bits per heavy atom. The van der Waals surface area contributed by atoms with Gasteiger partial charge in [-0.25, -0.2) is 4.39 Å². The van der Waals surface area contributed by atoms with Gasteiger partial charge in [-0.2, -0.15) is 0 Å². The van der Waals surface area contributed by atoms with Gasteiger partial charge in [0.15, 0.2) is 0 Å². The monoisotopic (exact) mass is 612 g/mol. The molecule has 3 N–H and O–H groups in total. The van der Waals surface area contributed by atoms with Crippen molar-refractivity contribution in [2.45, 2.75) is 26.1 Å². The molecule has 0 fully saturated rings. The summed E-state index contributed by atoms with van der Waals surface area (Å²) in [6.45, 7) is 0.381. The zero-order chi connectivity index (χ0) is 32.0. The number of carbonyl (C=O) groups excluding carboxylic acids is 3. The van der Waals surface area contributed by atoms with Crippen LogP contribution in [0.5, 0.6) is 0 Å². The van der Waals surface area contributed by atoms with E-state index in [0.29, 0.717) is 22.6 Å². The number of amides is 3. The standard InChI is InChI=1S/C38H33FN4O3/c39-33-14-5-4-12-30(33)24-41-36(44)22-32-37(45)42(25-26-17-19-29(20-18-26)28-10-2-1-3-11-28)34-15-6-7-16-35(34)43(38(32)46)31-13-8-9-27(21-31)23-40/h1-21,32H,22-25,40H2,(H,41,44). The minimum Gasteiger partial charge on any atom is -0.352 e. The van der Waals surface area contributed by atoms with E-state index in [1.807, 2.05) is 84.9 Å². The number of para-hydroxylation sites is 2. The Bertz CT molecular complexity index is 1880. The van der Waals surface area contributed by atoms with E-state index >= 15 is 0 Å². The number of carbonyl (C=O) groups is 3. The minimum atomic E-state index is -1.34. The highest BCUT2D eigenvalue weighted by Crippen LogP contribution is 2.41. The number of benzene rings is 5. The van der Waals surface area contributed by atoms with Crippen molar-refractivity contribution in [3.63, 3.8) is 0 Å². The van der Waals surface area contributed by atoms with Crippen LogP contribution in [-0.2, 0) is 34.0 Å². The van der Waals surface area contributed by atoms with Crippen molar-refractivity contribution >= 4 is 34.8 Å². The molecule has 46 heavy (non-hydrogen) atoms. The van der Waals surface area contributed by atoms with Crippen molar-refractivity contribution in [3.05, 3.63) is 150 Å². The van der Waals surface area contributed by atoms with E-state index < -0.39 is 35.9 Å². The molecule has 1 aliphatic rings. The van der Waals surface area contributed by atoms with E-state index in [1.54, 1.807) is 41.3 Å². The average Bonchev–Trinajstić information content (AvgIpc) is 3.17. The fraction of sp³-hybridized carbons (Fsp3) is 0.132. The van der Waals surface area contributed by atoms with E-state index in [-0.39, 0.29) is 19.6 Å². The third kappa shape index (κ3) is 6.43. The molecule has 6 rings (SSSR count). The number of fused-ring (bicyclic) bond motifs is 1. The van der Waals surface area contributed by atoms with Crippen molar-refractivity contribution in [2.75, 3.05) is 9.80 Å². The van der Waals surface area contributed by atoms with Gasteiger partial charge in [0, 0.05) is 30.8 Å². The van der Waals surface area contributed by atoms with Gasteiger partial charge < -0.3 is 16.0 Å². The van der Waals surface area contributed by atoms with Crippen molar-refractivity contribution in [1.82, 2.24) is 5.32 Å². The number of hydrogen-bond donors (Lipinski definition) is 2. The first-order chi connectivity index (χ1) is 22.4. The quantitative estimate of drug-likeness (QED) is 0.186. The number of nitrogens with two attached hydrogens (primary N) is 1. The molecule has 0 radical (unpaired) electrons. The van der Waals surface area contributed by atoms with E-state index in [1.165, 1.54) is 11.0 Å². The van der Waals surface area contributed by atoms with Crippen LogP contribution in [0.1, 0.15) is 23.1 Å². The lowest BCUT2D eigenvalue weighted by atomic mass is 10.00. The van der Waals surface area contributed by atoms with Gasteiger partial charge in [0.2, 0.25) is 17.7 Å². The van der Waals surface area contributed by atoms with Crippen molar-refractivity contribution < 1.29 is 18.8 Å². The number of anilines is 3. The van der Waals surface area contributed by atoms with Crippen LogP contribution in [0.25, 0.3) is 11.1 Å². The lowest BCUT2D eigenvalue weighted by Crippen LogP contribution is -2.43. The Balaban J connectivity index is 1.36. The fourth-order valence-corrected chi connectivity index (χ4v) is 5.70. The molecular formula is C38H33FN4O3. The third-order valence-corrected chi connectivity index (χ3v) is 8.13. The molecule has 8 heteroatoms. The molecule has 0 saturated heterocycles. The summed E-state index contributed by atoms with van der Waals surface area (Å²) in [6.07, 6.45) is -0.406. The van der Waals surface area contributed by atoms with E-state index in [0.717, 1.165) is 22.3 Å². The van der Waals surface area contributed by atoms with Crippen LogP contribution in [0.15, 0.2) is 127 Å². The second-order valence-electron chi connectivity index (χ2n) is 11.1. The molecule has 0 aliphatic carbocycles. The third-order valence-electron chi connectivity index (χ3n) is 8.13. The van der Waals surface area contributed by atoms with Crippen LogP contribution in [-0.4, -0.2) is 17.7 Å². The summed E-state index contributed by atoms with van der Waals surface area (Å²) in [6, 6.07) is 38.5. The highest BCUT2D eigenvalue weighted by Gasteiger charge is 2.42. The Morgan fingerprint density at radius 3 is 2.13 bits per heavy atom. The molecule has 230 valence electrons. The molecule has 7 nitrogen and oxygen atoms in total. The van der Waals surface area contributed by atoms with E-state index in [2.05, 4.69) is 5.32 Å². The smallest absolute Gasteiger partial charge is 0.244 e. The maximum Gasteiger partial charge on any atom is 0.244 e. The Kier molecular flexibility index (Phi) is 8.98. The van der Waals surface area contributed by atoms with Gasteiger partial charge in [0.05, 0.1) is 17.9 Å². The van der Waals surface area contributed by atoms with Gasteiger partial charge in [-0.3, -0.25) is 19.3 Å². The van der Waals surface area contributed by atoms with Crippen molar-refractivity contribution in [3.8, 4) is 11.1 Å². The first kappa shape index (κ1) is 30.4. The molecular weight excluding hydrogens is 579 g/mol.